The topological polar surface area (TPSA) is 0 Å². The zero-order valence-corrected chi connectivity index (χ0v) is 16.1. The van der Waals surface area contributed by atoms with Crippen molar-refractivity contribution in [2.24, 2.45) is 29.1 Å². The lowest BCUT2D eigenvalue weighted by Crippen LogP contribution is -2.45. The lowest BCUT2D eigenvalue weighted by Gasteiger charge is -2.54. The first kappa shape index (κ1) is 16.2. The van der Waals surface area contributed by atoms with Crippen LogP contribution in [0.4, 0.5) is 0 Å². The fraction of sp³-hybridized carbons (Fsp3) is 0.680. The third kappa shape index (κ3) is 2.54. The fourth-order valence-corrected chi connectivity index (χ4v) is 7.51. The van der Waals surface area contributed by atoms with Crippen LogP contribution in [0.15, 0.2) is 35.9 Å². The number of allylic oxidation sites excluding steroid dienone is 2. The summed E-state index contributed by atoms with van der Waals surface area (Å²) in [4.78, 5) is 0. The van der Waals surface area contributed by atoms with Gasteiger partial charge in [0.05, 0.1) is 0 Å². The Bertz CT molecular complexity index is 666. The molecule has 5 rings (SSSR count). The van der Waals surface area contributed by atoms with Crippen LogP contribution in [0.1, 0.15) is 81.8 Å². The Hall–Kier alpha value is -1.04. The molecule has 1 unspecified atom stereocenters. The molecular weight excluding hydrogens is 300 g/mol. The van der Waals surface area contributed by atoms with E-state index >= 15 is 0 Å². The van der Waals surface area contributed by atoms with Crippen molar-refractivity contribution < 1.29 is 0 Å². The highest BCUT2D eigenvalue weighted by molar-refractivity contribution is 5.31. The third-order valence-corrected chi connectivity index (χ3v) is 8.73. The van der Waals surface area contributed by atoms with Crippen molar-refractivity contribution in [3.05, 3.63) is 47.0 Å². The lowest BCUT2D eigenvalue weighted by molar-refractivity contribution is 0.00497. The van der Waals surface area contributed by atoms with Crippen molar-refractivity contribution in [3.8, 4) is 0 Å². The average Bonchev–Trinajstić information content (AvgIpc) is 3.03. The van der Waals surface area contributed by atoms with Crippen LogP contribution in [0.2, 0.25) is 0 Å². The maximum absolute atomic E-state index is 2.72. The maximum Gasteiger partial charge on any atom is -0.00935 e. The summed E-state index contributed by atoms with van der Waals surface area (Å²) in [5, 5.41) is 0. The molecule has 0 bridgehead atoms. The molecule has 134 valence electrons. The Morgan fingerprint density at radius 1 is 0.920 bits per heavy atom. The van der Waals surface area contributed by atoms with Crippen LogP contribution in [0.5, 0.6) is 0 Å². The maximum atomic E-state index is 2.72. The van der Waals surface area contributed by atoms with E-state index in [0.717, 1.165) is 29.6 Å². The van der Waals surface area contributed by atoms with Crippen molar-refractivity contribution in [1.82, 2.24) is 0 Å². The molecule has 6 atom stereocenters. The molecule has 0 aliphatic heterocycles. The summed E-state index contributed by atoms with van der Waals surface area (Å²) in [6.45, 7) is 4.84. The van der Waals surface area contributed by atoms with E-state index in [0.29, 0.717) is 5.41 Å². The van der Waals surface area contributed by atoms with Gasteiger partial charge in [-0.2, -0.15) is 0 Å². The van der Waals surface area contributed by atoms with Gasteiger partial charge in [-0.1, -0.05) is 54.8 Å². The highest BCUT2D eigenvalue weighted by Crippen LogP contribution is 2.62. The zero-order chi connectivity index (χ0) is 17.0. The predicted molar refractivity (Wildman–Crippen MR) is 106 cm³/mol. The van der Waals surface area contributed by atoms with Gasteiger partial charge in [0.15, 0.2) is 0 Å². The fourth-order valence-electron chi connectivity index (χ4n) is 7.51. The van der Waals surface area contributed by atoms with Gasteiger partial charge in [0, 0.05) is 0 Å². The number of hydrogen-bond donors (Lipinski definition) is 0. The summed E-state index contributed by atoms with van der Waals surface area (Å²) in [5.41, 5.74) is 5.55. The van der Waals surface area contributed by atoms with Gasteiger partial charge in [0.25, 0.3) is 0 Å². The second-order valence-corrected chi connectivity index (χ2v) is 9.97. The minimum absolute atomic E-state index is 0.681. The highest BCUT2D eigenvalue weighted by Gasteiger charge is 2.53. The molecule has 0 radical (unpaired) electrons. The van der Waals surface area contributed by atoms with E-state index in [1.54, 1.807) is 5.56 Å². The van der Waals surface area contributed by atoms with Crippen LogP contribution in [-0.4, -0.2) is 0 Å². The lowest BCUT2D eigenvalue weighted by atomic mass is 9.51. The SMILES string of the molecule is Cc1ccc(C2CCCC3=CC[C@@H]4[C@H](CC[C@]5(C)CCC[C@@H]45)[C@H]32)cc1. The van der Waals surface area contributed by atoms with Gasteiger partial charge < -0.3 is 0 Å². The predicted octanol–water partition coefficient (Wildman–Crippen LogP) is 7.04. The second-order valence-electron chi connectivity index (χ2n) is 9.97. The summed E-state index contributed by atoms with van der Waals surface area (Å²) in [7, 11) is 0. The number of benzene rings is 1. The third-order valence-electron chi connectivity index (χ3n) is 8.73. The van der Waals surface area contributed by atoms with Crippen LogP contribution in [0.3, 0.4) is 0 Å². The van der Waals surface area contributed by atoms with Crippen molar-refractivity contribution in [3.63, 3.8) is 0 Å². The largest absolute Gasteiger partial charge is 0.0847 e. The first-order valence-corrected chi connectivity index (χ1v) is 10.9. The summed E-state index contributed by atoms with van der Waals surface area (Å²) >= 11 is 0. The summed E-state index contributed by atoms with van der Waals surface area (Å²) in [5.74, 6) is 4.63. The molecular formula is C25H34. The molecule has 1 aromatic rings. The van der Waals surface area contributed by atoms with Gasteiger partial charge in [0.1, 0.15) is 0 Å². The van der Waals surface area contributed by atoms with Crippen LogP contribution >= 0.6 is 0 Å². The Morgan fingerprint density at radius 2 is 1.76 bits per heavy atom. The van der Waals surface area contributed by atoms with E-state index in [9.17, 15) is 0 Å². The Kier molecular flexibility index (Phi) is 3.88. The van der Waals surface area contributed by atoms with Gasteiger partial charge in [-0.15, -0.1) is 0 Å². The van der Waals surface area contributed by atoms with E-state index in [2.05, 4.69) is 44.2 Å². The molecule has 3 saturated carbocycles. The van der Waals surface area contributed by atoms with E-state index < -0.39 is 0 Å². The minimum Gasteiger partial charge on any atom is -0.0847 e. The molecule has 0 N–H and O–H groups in total. The van der Waals surface area contributed by atoms with Crippen molar-refractivity contribution in [2.75, 3.05) is 0 Å². The van der Waals surface area contributed by atoms with Crippen LogP contribution in [-0.2, 0) is 0 Å². The molecule has 0 aromatic heterocycles. The zero-order valence-electron chi connectivity index (χ0n) is 16.1. The smallest absolute Gasteiger partial charge is 0.00935 e. The molecule has 25 heavy (non-hydrogen) atoms. The molecule has 0 heteroatoms. The van der Waals surface area contributed by atoms with Crippen LogP contribution in [0, 0.1) is 36.0 Å². The molecule has 4 aliphatic carbocycles. The second kappa shape index (κ2) is 6.00. The molecule has 0 nitrogen and oxygen atoms in total. The molecule has 0 spiro atoms. The van der Waals surface area contributed by atoms with E-state index in [-0.39, 0.29) is 0 Å². The van der Waals surface area contributed by atoms with E-state index in [1.165, 1.54) is 63.4 Å². The number of fused-ring (bicyclic) bond motifs is 5. The van der Waals surface area contributed by atoms with Crippen molar-refractivity contribution >= 4 is 0 Å². The number of aryl methyl sites for hydroxylation is 1. The Labute approximate surface area is 154 Å². The van der Waals surface area contributed by atoms with Gasteiger partial charge in [-0.3, -0.25) is 0 Å². The van der Waals surface area contributed by atoms with Crippen molar-refractivity contribution in [1.29, 1.82) is 0 Å². The van der Waals surface area contributed by atoms with E-state index in [1.807, 2.05) is 5.57 Å². The van der Waals surface area contributed by atoms with Gasteiger partial charge in [-0.05, 0) is 98.9 Å². The highest BCUT2D eigenvalue weighted by atomic mass is 14.6. The first-order valence-electron chi connectivity index (χ1n) is 10.9. The number of hydrogen-bond acceptors (Lipinski definition) is 0. The summed E-state index contributed by atoms with van der Waals surface area (Å²) in [6.07, 6.45) is 15.8. The summed E-state index contributed by atoms with van der Waals surface area (Å²) in [6, 6.07) is 9.55. The molecule has 0 heterocycles. The normalized spacial score (nSPS) is 43.0. The Morgan fingerprint density at radius 3 is 2.60 bits per heavy atom. The van der Waals surface area contributed by atoms with E-state index in [4.69, 9.17) is 0 Å². The molecule has 4 aliphatic rings. The Balaban J connectivity index is 1.50. The van der Waals surface area contributed by atoms with Gasteiger partial charge >= 0.3 is 0 Å². The first-order chi connectivity index (χ1) is 12.2. The summed E-state index contributed by atoms with van der Waals surface area (Å²) < 4.78 is 0. The average molecular weight is 335 g/mol. The monoisotopic (exact) mass is 334 g/mol. The van der Waals surface area contributed by atoms with Gasteiger partial charge in [0.2, 0.25) is 0 Å². The standard InChI is InChI=1S/C25H34/c1-17-8-10-18(11-9-17)20-6-3-5-19-12-13-21-22(24(19)20)14-16-25(2)15-4-7-23(21)25/h8-12,20-24H,3-7,13-16H2,1-2H3/t20?,21-,22+,23+,24-,25+/m1/s1. The molecule has 1 aromatic carbocycles. The van der Waals surface area contributed by atoms with Crippen LogP contribution < -0.4 is 0 Å². The van der Waals surface area contributed by atoms with Crippen LogP contribution in [0.25, 0.3) is 0 Å². The van der Waals surface area contributed by atoms with Gasteiger partial charge in [-0.25, -0.2) is 0 Å². The number of rotatable bonds is 1. The molecule has 0 saturated heterocycles. The molecule has 3 fully saturated rings. The molecule has 0 amide bonds. The quantitative estimate of drug-likeness (QED) is 0.483. The van der Waals surface area contributed by atoms with Crippen molar-refractivity contribution in [2.45, 2.75) is 77.6 Å². The minimum atomic E-state index is 0.681.